The van der Waals surface area contributed by atoms with Crippen molar-refractivity contribution in [1.82, 2.24) is 19.9 Å². The third kappa shape index (κ3) is 4.33. The zero-order chi connectivity index (χ0) is 18.4. The predicted octanol–water partition coefficient (Wildman–Crippen LogP) is 3.95. The van der Waals surface area contributed by atoms with Crippen LogP contribution in [0.1, 0.15) is 30.2 Å². The van der Waals surface area contributed by atoms with Crippen LogP contribution < -0.4 is 10.1 Å². The minimum absolute atomic E-state index is 0.623. The monoisotopic (exact) mass is 349 g/mol. The molecule has 3 aromatic rings. The van der Waals surface area contributed by atoms with Gasteiger partial charge in [-0.2, -0.15) is 0 Å². The molecule has 0 aromatic carbocycles. The number of aryl methyl sites for hydroxylation is 1. The Morgan fingerprint density at radius 2 is 1.92 bits per heavy atom. The van der Waals surface area contributed by atoms with Crippen molar-refractivity contribution in [2.24, 2.45) is 0 Å². The van der Waals surface area contributed by atoms with Crippen LogP contribution in [0.2, 0.25) is 0 Å². The van der Waals surface area contributed by atoms with Crippen molar-refractivity contribution < 1.29 is 4.74 Å². The lowest BCUT2D eigenvalue weighted by atomic mass is 10.2. The molecule has 0 amide bonds. The molecule has 0 radical (unpaired) electrons. The summed E-state index contributed by atoms with van der Waals surface area (Å²) in [6.07, 6.45) is 4.53. The number of ether oxygens (including phenoxy) is 1. The van der Waals surface area contributed by atoms with Crippen LogP contribution in [0.5, 0.6) is 5.88 Å². The average Bonchev–Trinajstić information content (AvgIpc) is 2.69. The van der Waals surface area contributed by atoms with Crippen LogP contribution in [-0.2, 0) is 6.54 Å². The highest BCUT2D eigenvalue weighted by molar-refractivity contribution is 5.56. The molecule has 3 aromatic heterocycles. The fraction of sp³-hybridized carbons (Fsp3) is 0.300. The van der Waals surface area contributed by atoms with Crippen molar-refractivity contribution in [2.75, 3.05) is 11.9 Å². The molecule has 0 atom stereocenters. The zero-order valence-electron chi connectivity index (χ0n) is 15.4. The van der Waals surface area contributed by atoms with E-state index < -0.39 is 0 Å². The van der Waals surface area contributed by atoms with Crippen molar-refractivity contribution in [3.63, 3.8) is 0 Å². The number of nitrogens with one attached hydrogen (secondary N) is 1. The van der Waals surface area contributed by atoms with Crippen molar-refractivity contribution in [3.05, 3.63) is 59.5 Å². The molecule has 26 heavy (non-hydrogen) atoms. The van der Waals surface area contributed by atoms with Gasteiger partial charge < -0.3 is 10.1 Å². The van der Waals surface area contributed by atoms with E-state index in [1.54, 1.807) is 6.20 Å². The number of nitrogens with zero attached hydrogens (tertiary/aromatic N) is 4. The van der Waals surface area contributed by atoms with Crippen LogP contribution >= 0.6 is 0 Å². The van der Waals surface area contributed by atoms with Gasteiger partial charge in [-0.25, -0.2) is 15.0 Å². The first-order valence-electron chi connectivity index (χ1n) is 8.75. The summed E-state index contributed by atoms with van der Waals surface area (Å²) in [5.74, 6) is 2.09. The Hall–Kier alpha value is -3.02. The number of aromatic nitrogens is 4. The van der Waals surface area contributed by atoms with Gasteiger partial charge in [0.1, 0.15) is 11.5 Å². The van der Waals surface area contributed by atoms with Gasteiger partial charge >= 0.3 is 0 Å². The van der Waals surface area contributed by atoms with Gasteiger partial charge in [-0.3, -0.25) is 4.98 Å². The lowest BCUT2D eigenvalue weighted by Gasteiger charge is -2.12. The predicted molar refractivity (Wildman–Crippen MR) is 102 cm³/mol. The summed E-state index contributed by atoms with van der Waals surface area (Å²) < 4.78 is 5.51. The van der Waals surface area contributed by atoms with E-state index in [1.165, 1.54) is 0 Å². The van der Waals surface area contributed by atoms with E-state index >= 15 is 0 Å². The number of hydrogen-bond acceptors (Lipinski definition) is 6. The fourth-order valence-corrected chi connectivity index (χ4v) is 2.40. The van der Waals surface area contributed by atoms with E-state index in [9.17, 15) is 0 Å². The fourth-order valence-electron chi connectivity index (χ4n) is 2.40. The molecule has 0 fully saturated rings. The Morgan fingerprint density at radius 3 is 2.62 bits per heavy atom. The van der Waals surface area contributed by atoms with Crippen LogP contribution in [-0.4, -0.2) is 26.5 Å². The average molecular weight is 349 g/mol. The second kappa shape index (κ2) is 8.38. The minimum atomic E-state index is 0.623. The Labute approximate surface area is 153 Å². The second-order valence-electron chi connectivity index (χ2n) is 6.03. The number of rotatable bonds is 7. The van der Waals surface area contributed by atoms with E-state index in [0.717, 1.165) is 34.8 Å². The Kier molecular flexibility index (Phi) is 5.73. The molecule has 0 bridgehead atoms. The number of hydrogen-bond donors (Lipinski definition) is 1. The molecular weight excluding hydrogens is 326 g/mol. The first kappa shape index (κ1) is 17.8. The van der Waals surface area contributed by atoms with Crippen molar-refractivity contribution in [2.45, 2.75) is 33.7 Å². The van der Waals surface area contributed by atoms with E-state index in [4.69, 9.17) is 4.74 Å². The molecular formula is C20H23N5O. The molecule has 0 unspecified atom stereocenters. The van der Waals surface area contributed by atoms with Gasteiger partial charge in [-0.05, 0) is 38.0 Å². The third-order valence-corrected chi connectivity index (χ3v) is 3.99. The summed E-state index contributed by atoms with van der Waals surface area (Å²) in [4.78, 5) is 17.9. The maximum atomic E-state index is 5.51. The highest BCUT2D eigenvalue weighted by Crippen LogP contribution is 2.21. The highest BCUT2D eigenvalue weighted by Gasteiger charge is 2.10. The standard InChI is InChI=1S/C20H23N5O/c1-4-11-26-18-9-8-16(12-22-18)13-23-19-14(2)15(3)24-20(25-19)17-7-5-6-10-21-17/h5-10,12H,4,11,13H2,1-3H3,(H,23,24,25). The summed E-state index contributed by atoms with van der Waals surface area (Å²) in [7, 11) is 0. The maximum Gasteiger partial charge on any atom is 0.213 e. The Morgan fingerprint density at radius 1 is 1.04 bits per heavy atom. The van der Waals surface area contributed by atoms with E-state index in [-0.39, 0.29) is 0 Å². The lowest BCUT2D eigenvalue weighted by molar-refractivity contribution is 0.305. The molecule has 0 aliphatic heterocycles. The first-order valence-corrected chi connectivity index (χ1v) is 8.75. The Balaban J connectivity index is 1.74. The zero-order valence-corrected chi connectivity index (χ0v) is 15.4. The molecule has 3 heterocycles. The van der Waals surface area contributed by atoms with Gasteiger partial charge in [0, 0.05) is 36.3 Å². The number of anilines is 1. The van der Waals surface area contributed by atoms with Gasteiger partial charge in [-0.1, -0.05) is 19.1 Å². The van der Waals surface area contributed by atoms with Crippen LogP contribution in [0.15, 0.2) is 42.7 Å². The van der Waals surface area contributed by atoms with Gasteiger partial charge in [-0.15, -0.1) is 0 Å². The summed E-state index contributed by atoms with van der Waals surface area (Å²) in [5, 5.41) is 3.38. The molecule has 1 N–H and O–H groups in total. The largest absolute Gasteiger partial charge is 0.478 e. The molecule has 0 spiro atoms. The molecule has 0 saturated heterocycles. The Bertz CT molecular complexity index is 850. The molecule has 3 rings (SSSR count). The van der Waals surface area contributed by atoms with Crippen LogP contribution in [0.4, 0.5) is 5.82 Å². The molecule has 134 valence electrons. The first-order chi connectivity index (χ1) is 12.7. The van der Waals surface area contributed by atoms with Gasteiger partial charge in [0.05, 0.1) is 6.61 Å². The minimum Gasteiger partial charge on any atom is -0.478 e. The SMILES string of the molecule is CCCOc1ccc(CNc2nc(-c3ccccn3)nc(C)c2C)cn1. The summed E-state index contributed by atoms with van der Waals surface area (Å²) in [6.45, 7) is 7.37. The summed E-state index contributed by atoms with van der Waals surface area (Å²) in [5.41, 5.74) is 3.78. The maximum absolute atomic E-state index is 5.51. The van der Waals surface area contributed by atoms with E-state index in [2.05, 4.69) is 32.2 Å². The van der Waals surface area contributed by atoms with Crippen LogP contribution in [0, 0.1) is 13.8 Å². The normalized spacial score (nSPS) is 10.6. The van der Waals surface area contributed by atoms with Crippen LogP contribution in [0.25, 0.3) is 11.5 Å². The molecule has 6 nitrogen and oxygen atoms in total. The topological polar surface area (TPSA) is 72.8 Å². The second-order valence-corrected chi connectivity index (χ2v) is 6.03. The van der Waals surface area contributed by atoms with Gasteiger partial charge in [0.25, 0.3) is 0 Å². The molecule has 0 saturated carbocycles. The lowest BCUT2D eigenvalue weighted by Crippen LogP contribution is -2.07. The van der Waals surface area contributed by atoms with Crippen molar-refractivity contribution in [3.8, 4) is 17.4 Å². The van der Waals surface area contributed by atoms with Crippen LogP contribution in [0.3, 0.4) is 0 Å². The third-order valence-electron chi connectivity index (χ3n) is 3.99. The smallest absolute Gasteiger partial charge is 0.213 e. The quantitative estimate of drug-likeness (QED) is 0.696. The molecule has 0 aliphatic rings. The van der Waals surface area contributed by atoms with Crippen molar-refractivity contribution >= 4 is 5.82 Å². The highest BCUT2D eigenvalue weighted by atomic mass is 16.5. The van der Waals surface area contributed by atoms with E-state index in [1.807, 2.05) is 50.4 Å². The van der Waals surface area contributed by atoms with Gasteiger partial charge in [0.2, 0.25) is 5.88 Å². The summed E-state index contributed by atoms with van der Waals surface area (Å²) in [6, 6.07) is 9.62. The molecule has 6 heteroatoms. The summed E-state index contributed by atoms with van der Waals surface area (Å²) >= 11 is 0. The van der Waals surface area contributed by atoms with E-state index in [0.29, 0.717) is 24.9 Å². The molecule has 0 aliphatic carbocycles. The number of pyridine rings is 2. The van der Waals surface area contributed by atoms with Crippen molar-refractivity contribution in [1.29, 1.82) is 0 Å². The van der Waals surface area contributed by atoms with Gasteiger partial charge in [0.15, 0.2) is 5.82 Å².